The van der Waals surface area contributed by atoms with Gasteiger partial charge in [-0.25, -0.2) is 4.79 Å². The molecule has 1 aliphatic rings. The molecule has 0 saturated carbocycles. The molecule has 195 valence electrons. The molecule has 0 spiro atoms. The minimum absolute atomic E-state index is 0.180. The minimum atomic E-state index is -0.950. The van der Waals surface area contributed by atoms with Crippen molar-refractivity contribution in [1.29, 1.82) is 0 Å². The van der Waals surface area contributed by atoms with E-state index in [0.717, 1.165) is 28.2 Å². The van der Waals surface area contributed by atoms with E-state index in [1.165, 1.54) is 4.57 Å². The second-order valence-electron chi connectivity index (χ2n) is 8.96. The smallest absolute Gasteiger partial charge is 0.351 e. The monoisotopic (exact) mass is 512 g/mol. The first kappa shape index (κ1) is 25.5. The van der Waals surface area contributed by atoms with E-state index in [1.54, 1.807) is 26.5 Å². The van der Waals surface area contributed by atoms with Crippen LogP contribution >= 0.6 is 0 Å². The molecular formula is C30H30N3O5. The van der Waals surface area contributed by atoms with Gasteiger partial charge < -0.3 is 24.7 Å². The number of methoxy groups -OCH3 is 2. The minimum Gasteiger partial charge on any atom is -0.497 e. The molecule has 1 aliphatic heterocycles. The van der Waals surface area contributed by atoms with Crippen LogP contribution in [-0.2, 0) is 15.1 Å². The number of nitrogen functional groups attached to an aromatic ring is 1. The largest absolute Gasteiger partial charge is 0.497 e. The molecule has 0 aliphatic carbocycles. The fourth-order valence-corrected chi connectivity index (χ4v) is 4.79. The lowest BCUT2D eigenvalue weighted by molar-refractivity contribution is -0.0720. The second kappa shape index (κ2) is 11.1. The maximum Gasteiger partial charge on any atom is 0.351 e. The van der Waals surface area contributed by atoms with Crippen LogP contribution in [-0.4, -0.2) is 36.5 Å². The highest BCUT2D eigenvalue weighted by atomic mass is 16.6. The maximum atomic E-state index is 12.3. The molecule has 2 N–H and O–H groups in total. The lowest BCUT2D eigenvalue weighted by Gasteiger charge is -2.37. The average molecular weight is 513 g/mol. The summed E-state index contributed by atoms with van der Waals surface area (Å²) in [6.07, 6.45) is 3.35. The van der Waals surface area contributed by atoms with E-state index in [-0.39, 0.29) is 18.5 Å². The first-order chi connectivity index (χ1) is 18.5. The van der Waals surface area contributed by atoms with E-state index in [2.05, 4.69) is 17.1 Å². The molecule has 5 rings (SSSR count). The van der Waals surface area contributed by atoms with Crippen molar-refractivity contribution in [3.8, 4) is 11.5 Å². The van der Waals surface area contributed by atoms with Crippen molar-refractivity contribution in [3.05, 3.63) is 125 Å². The van der Waals surface area contributed by atoms with Crippen LogP contribution in [0, 0.1) is 6.42 Å². The van der Waals surface area contributed by atoms with E-state index < -0.39 is 17.5 Å². The summed E-state index contributed by atoms with van der Waals surface area (Å²) in [6, 6.07) is 27.4. The predicted molar refractivity (Wildman–Crippen MR) is 144 cm³/mol. The Labute approximate surface area is 221 Å². The van der Waals surface area contributed by atoms with Crippen LogP contribution in [0.3, 0.4) is 0 Å². The van der Waals surface area contributed by atoms with E-state index in [0.29, 0.717) is 6.42 Å². The van der Waals surface area contributed by atoms with Crippen molar-refractivity contribution in [2.45, 2.75) is 24.4 Å². The quantitative estimate of drug-likeness (QED) is 0.333. The first-order valence-electron chi connectivity index (χ1n) is 12.4. The number of anilines is 1. The predicted octanol–water partition coefficient (Wildman–Crippen LogP) is 4.34. The third-order valence-electron chi connectivity index (χ3n) is 6.73. The molecule has 1 aromatic heterocycles. The van der Waals surface area contributed by atoms with Crippen molar-refractivity contribution >= 4 is 5.82 Å². The Balaban J connectivity index is 1.51. The summed E-state index contributed by atoms with van der Waals surface area (Å²) in [4.78, 5) is 16.2. The van der Waals surface area contributed by atoms with Crippen LogP contribution in [0.15, 0.2) is 95.9 Å². The third kappa shape index (κ3) is 5.01. The molecule has 2 heterocycles. The zero-order valence-corrected chi connectivity index (χ0v) is 21.3. The van der Waals surface area contributed by atoms with E-state index in [4.69, 9.17) is 24.7 Å². The van der Waals surface area contributed by atoms with Crippen LogP contribution in [0.1, 0.15) is 29.3 Å². The second-order valence-corrected chi connectivity index (χ2v) is 8.96. The number of nitrogens with two attached hydrogens (primary N) is 1. The molecule has 4 aromatic rings. The fraction of sp³-hybridized carbons (Fsp3) is 0.233. The molecule has 1 radical (unpaired) electrons. The number of hydrogen-bond acceptors (Lipinski definition) is 7. The Bertz CT molecular complexity index is 1360. The topological polar surface area (TPSA) is 97.8 Å². The van der Waals surface area contributed by atoms with Crippen LogP contribution < -0.4 is 20.9 Å². The molecule has 1 fully saturated rings. The van der Waals surface area contributed by atoms with Crippen molar-refractivity contribution < 1.29 is 18.9 Å². The molecule has 0 bridgehead atoms. The SMILES string of the molecule is COc1ccc(C(OC[C@H]2[CH]C[C@H](n3ccc(N)nc3=O)O2)(c2ccccc2)c2ccc(OC)cc2)cc1. The Morgan fingerprint density at radius 3 is 2.03 bits per heavy atom. The summed E-state index contributed by atoms with van der Waals surface area (Å²) in [5.41, 5.74) is 7.08. The lowest BCUT2D eigenvalue weighted by atomic mass is 9.80. The van der Waals surface area contributed by atoms with Gasteiger partial charge in [-0.3, -0.25) is 4.57 Å². The van der Waals surface area contributed by atoms with Gasteiger partial charge >= 0.3 is 5.69 Å². The van der Waals surface area contributed by atoms with Gasteiger partial charge in [0.1, 0.15) is 29.1 Å². The zero-order chi connectivity index (χ0) is 26.5. The number of hydrogen-bond donors (Lipinski definition) is 1. The van der Waals surface area contributed by atoms with Crippen LogP contribution in [0.2, 0.25) is 0 Å². The normalized spacial score (nSPS) is 17.3. The molecule has 0 unspecified atom stereocenters. The Hall–Kier alpha value is -4.14. The first-order valence-corrected chi connectivity index (χ1v) is 12.4. The van der Waals surface area contributed by atoms with Gasteiger partial charge in [0, 0.05) is 6.20 Å². The number of aromatic nitrogens is 2. The fourth-order valence-electron chi connectivity index (χ4n) is 4.79. The summed E-state index contributed by atoms with van der Waals surface area (Å²) in [6.45, 7) is 0.251. The van der Waals surface area contributed by atoms with Gasteiger partial charge in [0.2, 0.25) is 0 Å². The number of benzene rings is 3. The molecule has 8 heteroatoms. The summed E-state index contributed by atoms with van der Waals surface area (Å²) in [7, 11) is 3.29. The molecule has 2 atom stereocenters. The Morgan fingerprint density at radius 1 is 0.895 bits per heavy atom. The third-order valence-corrected chi connectivity index (χ3v) is 6.73. The summed E-state index contributed by atoms with van der Waals surface area (Å²) in [5.74, 6) is 1.69. The van der Waals surface area contributed by atoms with E-state index >= 15 is 0 Å². The van der Waals surface area contributed by atoms with Crippen LogP contribution in [0.5, 0.6) is 11.5 Å². The number of rotatable bonds is 9. The lowest BCUT2D eigenvalue weighted by Crippen LogP contribution is -2.36. The van der Waals surface area contributed by atoms with E-state index in [9.17, 15) is 4.79 Å². The summed E-state index contributed by atoms with van der Waals surface area (Å²) >= 11 is 0. The van der Waals surface area contributed by atoms with Gasteiger partial charge in [0.25, 0.3) is 0 Å². The van der Waals surface area contributed by atoms with Gasteiger partial charge in [-0.05, 0) is 59.9 Å². The summed E-state index contributed by atoms with van der Waals surface area (Å²) in [5, 5.41) is 0. The van der Waals surface area contributed by atoms with Crippen molar-refractivity contribution in [2.24, 2.45) is 0 Å². The molecule has 0 amide bonds. The van der Waals surface area contributed by atoms with Gasteiger partial charge in [-0.15, -0.1) is 0 Å². The van der Waals surface area contributed by atoms with Gasteiger partial charge in [0.05, 0.1) is 26.9 Å². The van der Waals surface area contributed by atoms with Gasteiger partial charge in [-0.2, -0.15) is 4.98 Å². The number of nitrogens with zero attached hydrogens (tertiary/aromatic N) is 2. The molecule has 3 aromatic carbocycles. The van der Waals surface area contributed by atoms with Crippen molar-refractivity contribution in [1.82, 2.24) is 9.55 Å². The summed E-state index contributed by atoms with van der Waals surface area (Å²) < 4.78 is 25.4. The van der Waals surface area contributed by atoms with E-state index in [1.807, 2.05) is 73.2 Å². The van der Waals surface area contributed by atoms with Crippen LogP contribution in [0.4, 0.5) is 5.82 Å². The highest BCUT2D eigenvalue weighted by Crippen LogP contribution is 2.42. The Kier molecular flexibility index (Phi) is 7.44. The zero-order valence-electron chi connectivity index (χ0n) is 21.3. The standard InChI is InChI=1S/C30H30N3O5/c1-35-24-12-8-22(9-13-24)30(21-6-4-3-5-7-21,23-10-14-25(36-2)15-11-23)37-20-26-16-17-28(38-26)33-19-18-27(31)32-29(33)34/h3-16,18-19,26,28H,17,20H2,1-2H3,(H2,31,32,34)/t26-,28-/m1/s1. The maximum absolute atomic E-state index is 12.3. The van der Waals surface area contributed by atoms with Gasteiger partial charge in [-0.1, -0.05) is 54.6 Å². The molecule has 8 nitrogen and oxygen atoms in total. The van der Waals surface area contributed by atoms with Crippen molar-refractivity contribution in [3.63, 3.8) is 0 Å². The van der Waals surface area contributed by atoms with Crippen molar-refractivity contribution in [2.75, 3.05) is 26.6 Å². The average Bonchev–Trinajstić information content (AvgIpc) is 3.43. The van der Waals surface area contributed by atoms with Crippen LogP contribution in [0.25, 0.3) is 0 Å². The highest BCUT2D eigenvalue weighted by Gasteiger charge is 2.39. The molecular weight excluding hydrogens is 482 g/mol. The Morgan fingerprint density at radius 2 is 1.47 bits per heavy atom. The molecule has 1 saturated heterocycles. The molecule has 38 heavy (non-hydrogen) atoms. The number of ether oxygens (including phenoxy) is 4. The van der Waals surface area contributed by atoms with Gasteiger partial charge in [0.15, 0.2) is 0 Å². The highest BCUT2D eigenvalue weighted by molar-refractivity contribution is 5.49.